The van der Waals surface area contributed by atoms with Gasteiger partial charge in [-0.1, -0.05) is 67.9 Å². The van der Waals surface area contributed by atoms with Crippen molar-refractivity contribution in [2.24, 2.45) is 16.7 Å². The Labute approximate surface area is 172 Å². The highest BCUT2D eigenvalue weighted by molar-refractivity contribution is 5.97. The molecule has 0 aliphatic heterocycles. The minimum Gasteiger partial charge on any atom is -0.343 e. The third-order valence-electron chi connectivity index (χ3n) is 5.05. The number of carbonyl (C=O) groups is 3. The van der Waals surface area contributed by atoms with Gasteiger partial charge in [0.1, 0.15) is 0 Å². The lowest BCUT2D eigenvalue weighted by Crippen LogP contribution is -2.42. The molecule has 2 amide bonds. The minimum absolute atomic E-state index is 0.0566. The molecule has 0 saturated heterocycles. The van der Waals surface area contributed by atoms with Crippen LogP contribution in [0.4, 0.5) is 0 Å². The van der Waals surface area contributed by atoms with Crippen LogP contribution >= 0.6 is 0 Å². The molecule has 0 aromatic rings. The van der Waals surface area contributed by atoms with Crippen LogP contribution in [0.2, 0.25) is 0 Å². The van der Waals surface area contributed by atoms with E-state index >= 15 is 0 Å². The molecule has 0 unspecified atom stereocenters. The molecule has 0 heterocycles. The predicted molar refractivity (Wildman–Crippen MR) is 116 cm³/mol. The Kier molecular flexibility index (Phi) is 10.1. The first-order chi connectivity index (χ1) is 12.6. The summed E-state index contributed by atoms with van der Waals surface area (Å²) in [6.07, 6.45) is 3.64. The third kappa shape index (κ3) is 9.52. The number of amides is 2. The number of hydrogen-bond acceptors (Lipinski definition) is 3. The van der Waals surface area contributed by atoms with Crippen molar-refractivity contribution in [1.82, 2.24) is 10.2 Å². The molecule has 0 aromatic heterocycles. The van der Waals surface area contributed by atoms with Gasteiger partial charge in [-0.15, -0.1) is 0 Å². The maximum absolute atomic E-state index is 12.5. The Morgan fingerprint density at radius 2 is 1.61 bits per heavy atom. The summed E-state index contributed by atoms with van der Waals surface area (Å²) < 4.78 is 0. The van der Waals surface area contributed by atoms with Crippen molar-refractivity contribution in [1.29, 1.82) is 0 Å². The van der Waals surface area contributed by atoms with Gasteiger partial charge in [0.05, 0.1) is 6.04 Å². The lowest BCUT2D eigenvalue weighted by molar-refractivity contribution is -0.136. The highest BCUT2D eigenvalue weighted by Gasteiger charge is 2.29. The van der Waals surface area contributed by atoms with E-state index in [0.717, 1.165) is 6.42 Å². The number of ketones is 1. The fourth-order valence-corrected chi connectivity index (χ4v) is 2.68. The molecule has 0 fully saturated rings. The minimum atomic E-state index is -0.458. The van der Waals surface area contributed by atoms with Crippen molar-refractivity contribution in [2.45, 2.75) is 87.6 Å². The third-order valence-corrected chi connectivity index (χ3v) is 5.05. The molecule has 5 nitrogen and oxygen atoms in total. The average Bonchev–Trinajstić information content (AvgIpc) is 2.54. The van der Waals surface area contributed by atoms with E-state index in [1.165, 1.54) is 0 Å². The zero-order valence-corrected chi connectivity index (χ0v) is 19.7. The Balaban J connectivity index is 4.97. The predicted octanol–water partition coefficient (Wildman–Crippen LogP) is 4.36. The van der Waals surface area contributed by atoms with E-state index in [0.29, 0.717) is 25.0 Å². The quantitative estimate of drug-likeness (QED) is 0.591. The van der Waals surface area contributed by atoms with Gasteiger partial charge in [-0.05, 0) is 24.2 Å². The summed E-state index contributed by atoms with van der Waals surface area (Å²) in [6.45, 7) is 18.2. The van der Waals surface area contributed by atoms with Crippen LogP contribution in [0.3, 0.4) is 0 Å². The van der Waals surface area contributed by atoms with Gasteiger partial charge in [-0.3, -0.25) is 14.4 Å². The standard InChI is InChI=1S/C23H42N2O3/c1-11-12-18(19(26)15-22(4,5)6)24-20(27)16(2)13-14-25(10)21(28)17(3)23(7,8)9/h13,17-18H,11-12,14-15H2,1-10H3,(H,24,27)/b16-13+/t17-,18-/m1/s1. The van der Waals surface area contributed by atoms with E-state index < -0.39 is 6.04 Å². The summed E-state index contributed by atoms with van der Waals surface area (Å²) in [6, 6.07) is -0.458. The number of Topliss-reactive ketones (excluding diaryl/α,β-unsaturated/α-hetero) is 1. The van der Waals surface area contributed by atoms with Crippen molar-refractivity contribution in [3.05, 3.63) is 11.6 Å². The molecule has 0 radical (unpaired) electrons. The van der Waals surface area contributed by atoms with Crippen LogP contribution in [0.25, 0.3) is 0 Å². The highest BCUT2D eigenvalue weighted by Crippen LogP contribution is 2.26. The highest BCUT2D eigenvalue weighted by atomic mass is 16.2. The molecule has 28 heavy (non-hydrogen) atoms. The van der Waals surface area contributed by atoms with Crippen LogP contribution < -0.4 is 5.32 Å². The van der Waals surface area contributed by atoms with Gasteiger partial charge in [0.15, 0.2) is 5.78 Å². The SMILES string of the molecule is CCC[C@@H](NC(=O)/C(C)=C/CN(C)C(=O)[C@@H](C)C(C)(C)C)C(=O)CC(C)(C)C. The molecule has 0 spiro atoms. The number of hydrogen-bond donors (Lipinski definition) is 1. The second kappa shape index (κ2) is 10.8. The first-order valence-electron chi connectivity index (χ1n) is 10.4. The molecule has 162 valence electrons. The van der Waals surface area contributed by atoms with Crippen LogP contribution in [-0.4, -0.2) is 42.1 Å². The van der Waals surface area contributed by atoms with E-state index in [1.807, 2.05) is 55.4 Å². The van der Waals surface area contributed by atoms with Gasteiger partial charge in [-0.2, -0.15) is 0 Å². The smallest absolute Gasteiger partial charge is 0.247 e. The molecular weight excluding hydrogens is 352 g/mol. The maximum atomic E-state index is 12.5. The molecular formula is C23H42N2O3. The second-order valence-corrected chi connectivity index (χ2v) is 10.2. The fraction of sp³-hybridized carbons (Fsp3) is 0.783. The van der Waals surface area contributed by atoms with E-state index in [-0.39, 0.29) is 34.3 Å². The molecule has 1 N–H and O–H groups in total. The van der Waals surface area contributed by atoms with Crippen LogP contribution in [0, 0.1) is 16.7 Å². The fourth-order valence-electron chi connectivity index (χ4n) is 2.68. The first kappa shape index (κ1) is 26.4. The molecule has 0 rings (SSSR count). The Morgan fingerprint density at radius 1 is 1.07 bits per heavy atom. The normalized spacial score (nSPS) is 15.0. The van der Waals surface area contributed by atoms with Crippen molar-refractivity contribution < 1.29 is 14.4 Å². The Morgan fingerprint density at radius 3 is 2.04 bits per heavy atom. The van der Waals surface area contributed by atoms with Gasteiger partial charge in [0.25, 0.3) is 0 Å². The summed E-state index contributed by atoms with van der Waals surface area (Å²) in [5, 5.41) is 2.88. The van der Waals surface area contributed by atoms with E-state index in [9.17, 15) is 14.4 Å². The maximum Gasteiger partial charge on any atom is 0.247 e. The van der Waals surface area contributed by atoms with E-state index in [2.05, 4.69) is 5.32 Å². The van der Waals surface area contributed by atoms with Gasteiger partial charge >= 0.3 is 0 Å². The molecule has 0 bridgehead atoms. The second-order valence-electron chi connectivity index (χ2n) is 10.2. The number of likely N-dealkylation sites (N-methyl/N-ethyl adjacent to an activating group) is 1. The average molecular weight is 395 g/mol. The van der Waals surface area contributed by atoms with Gasteiger partial charge in [-0.25, -0.2) is 0 Å². The topological polar surface area (TPSA) is 66.5 Å². The van der Waals surface area contributed by atoms with Crippen LogP contribution in [0.5, 0.6) is 0 Å². The van der Waals surface area contributed by atoms with Gasteiger partial charge in [0, 0.05) is 31.5 Å². The summed E-state index contributed by atoms with van der Waals surface area (Å²) >= 11 is 0. The molecule has 2 atom stereocenters. The van der Waals surface area contributed by atoms with E-state index in [4.69, 9.17) is 0 Å². The van der Waals surface area contributed by atoms with Crippen molar-refractivity contribution >= 4 is 17.6 Å². The monoisotopic (exact) mass is 394 g/mol. The number of nitrogens with zero attached hydrogens (tertiary/aromatic N) is 1. The molecule has 5 heteroatoms. The summed E-state index contributed by atoms with van der Waals surface area (Å²) in [7, 11) is 1.75. The van der Waals surface area contributed by atoms with Crippen molar-refractivity contribution in [3.8, 4) is 0 Å². The first-order valence-corrected chi connectivity index (χ1v) is 10.4. The van der Waals surface area contributed by atoms with Crippen molar-refractivity contribution in [3.63, 3.8) is 0 Å². The van der Waals surface area contributed by atoms with Crippen LogP contribution in [0.15, 0.2) is 11.6 Å². The molecule has 0 aromatic carbocycles. The van der Waals surface area contributed by atoms with Crippen molar-refractivity contribution in [2.75, 3.05) is 13.6 Å². The molecule has 0 aliphatic rings. The molecule has 0 saturated carbocycles. The lowest BCUT2D eigenvalue weighted by Gasteiger charge is -2.29. The zero-order valence-electron chi connectivity index (χ0n) is 19.7. The van der Waals surface area contributed by atoms with Crippen LogP contribution in [-0.2, 0) is 14.4 Å². The summed E-state index contributed by atoms with van der Waals surface area (Å²) in [5.74, 6) is -0.225. The van der Waals surface area contributed by atoms with Gasteiger partial charge < -0.3 is 10.2 Å². The molecule has 0 aliphatic carbocycles. The number of nitrogens with one attached hydrogen (secondary N) is 1. The summed E-state index contributed by atoms with van der Waals surface area (Å²) in [4.78, 5) is 39.2. The van der Waals surface area contributed by atoms with E-state index in [1.54, 1.807) is 24.9 Å². The summed E-state index contributed by atoms with van der Waals surface area (Å²) in [5.41, 5.74) is 0.307. The Bertz CT molecular complexity index is 580. The number of carbonyl (C=O) groups excluding carboxylic acids is 3. The van der Waals surface area contributed by atoms with Crippen LogP contribution in [0.1, 0.15) is 81.6 Å². The largest absolute Gasteiger partial charge is 0.343 e. The zero-order chi connectivity index (χ0) is 22.3. The Hall–Kier alpha value is -1.65. The van der Waals surface area contributed by atoms with Gasteiger partial charge in [0.2, 0.25) is 11.8 Å². The number of rotatable bonds is 9. The lowest BCUT2D eigenvalue weighted by atomic mass is 9.81.